The number of aliphatic imine (C=N–C) groups is 1. The van der Waals surface area contributed by atoms with Crippen LogP contribution in [0.25, 0.3) is 0 Å². The number of aryl methyl sites for hydroxylation is 2. The lowest BCUT2D eigenvalue weighted by atomic mass is 10.1. The third kappa shape index (κ3) is 7.19. The first kappa shape index (κ1) is 22.2. The minimum Gasteiger partial charge on any atom is -0.493 e. The summed E-state index contributed by atoms with van der Waals surface area (Å²) < 4.78 is 11.0. The highest BCUT2D eigenvalue weighted by molar-refractivity contribution is 14.0. The fraction of sp³-hybridized carbons (Fsp3) is 0.500. The van der Waals surface area contributed by atoms with Gasteiger partial charge in [-0.3, -0.25) is 0 Å². The first-order chi connectivity index (χ1) is 12.1. The second kappa shape index (κ2) is 11.7. The van der Waals surface area contributed by atoms with E-state index in [9.17, 15) is 0 Å². The molecule has 7 nitrogen and oxygen atoms in total. The van der Waals surface area contributed by atoms with Gasteiger partial charge in [0.25, 0.3) is 0 Å². The van der Waals surface area contributed by atoms with Crippen LogP contribution in [0.2, 0.25) is 0 Å². The SMILES string of the molecule is CCCOc1cc(C)ccc1CN=C(NCC)NCc1nc(C)no1.I. The predicted molar refractivity (Wildman–Crippen MR) is 113 cm³/mol. The number of benzene rings is 1. The van der Waals surface area contributed by atoms with Crippen LogP contribution < -0.4 is 15.4 Å². The van der Waals surface area contributed by atoms with Crippen LogP contribution in [0.5, 0.6) is 5.75 Å². The molecule has 0 atom stereocenters. The van der Waals surface area contributed by atoms with Crippen LogP contribution in [0, 0.1) is 13.8 Å². The van der Waals surface area contributed by atoms with Crippen molar-refractivity contribution in [2.75, 3.05) is 13.2 Å². The molecule has 0 unspecified atom stereocenters. The summed E-state index contributed by atoms with van der Waals surface area (Å²) in [6, 6.07) is 6.20. The molecule has 1 aromatic carbocycles. The number of ether oxygens (including phenoxy) is 1. The molecule has 0 radical (unpaired) electrons. The molecule has 0 amide bonds. The van der Waals surface area contributed by atoms with E-state index in [1.165, 1.54) is 5.56 Å². The third-order valence-electron chi connectivity index (χ3n) is 3.41. The van der Waals surface area contributed by atoms with Gasteiger partial charge in [0.2, 0.25) is 5.89 Å². The monoisotopic (exact) mass is 473 g/mol. The zero-order valence-electron chi connectivity index (χ0n) is 15.8. The molecule has 0 fully saturated rings. The largest absolute Gasteiger partial charge is 0.493 e. The second-order valence-corrected chi connectivity index (χ2v) is 5.74. The fourth-order valence-electron chi connectivity index (χ4n) is 2.22. The van der Waals surface area contributed by atoms with E-state index in [2.05, 4.69) is 57.8 Å². The number of guanidine groups is 1. The Morgan fingerprint density at radius 1 is 1.23 bits per heavy atom. The molecule has 1 aromatic heterocycles. The zero-order chi connectivity index (χ0) is 18.1. The van der Waals surface area contributed by atoms with Gasteiger partial charge in [0.1, 0.15) is 5.75 Å². The number of hydrogen-bond donors (Lipinski definition) is 2. The van der Waals surface area contributed by atoms with Gasteiger partial charge in [-0.1, -0.05) is 24.2 Å². The minimum absolute atomic E-state index is 0. The van der Waals surface area contributed by atoms with E-state index in [4.69, 9.17) is 9.26 Å². The van der Waals surface area contributed by atoms with Crippen molar-refractivity contribution in [2.24, 2.45) is 4.99 Å². The first-order valence-corrected chi connectivity index (χ1v) is 8.66. The summed E-state index contributed by atoms with van der Waals surface area (Å²) in [7, 11) is 0. The maximum absolute atomic E-state index is 5.85. The fourth-order valence-corrected chi connectivity index (χ4v) is 2.22. The van der Waals surface area contributed by atoms with Gasteiger partial charge < -0.3 is 19.9 Å². The topological polar surface area (TPSA) is 84.6 Å². The quantitative estimate of drug-likeness (QED) is 0.348. The molecule has 0 aliphatic heterocycles. The van der Waals surface area contributed by atoms with Gasteiger partial charge in [0.05, 0.1) is 19.7 Å². The van der Waals surface area contributed by atoms with Gasteiger partial charge in [0, 0.05) is 12.1 Å². The molecule has 0 spiro atoms. The molecule has 0 aliphatic carbocycles. The van der Waals surface area contributed by atoms with E-state index in [0.29, 0.717) is 37.4 Å². The standard InChI is InChI=1S/C18H27N5O2.HI/c1-5-9-24-16-10-13(3)7-8-15(16)11-20-18(19-6-2)21-12-17-22-14(4)23-25-17;/h7-8,10H,5-6,9,11-12H2,1-4H3,(H2,19,20,21);1H. The van der Waals surface area contributed by atoms with Crippen LogP contribution in [0.3, 0.4) is 0 Å². The molecule has 2 N–H and O–H groups in total. The van der Waals surface area contributed by atoms with Gasteiger partial charge in [0.15, 0.2) is 11.8 Å². The Morgan fingerprint density at radius 2 is 2.04 bits per heavy atom. The van der Waals surface area contributed by atoms with Crippen molar-refractivity contribution < 1.29 is 9.26 Å². The van der Waals surface area contributed by atoms with Crippen molar-refractivity contribution in [1.29, 1.82) is 0 Å². The number of hydrogen-bond acceptors (Lipinski definition) is 5. The summed E-state index contributed by atoms with van der Waals surface area (Å²) in [5.41, 5.74) is 2.24. The van der Waals surface area contributed by atoms with E-state index in [0.717, 1.165) is 24.3 Å². The Hall–Kier alpha value is -1.84. The molecule has 2 aromatic rings. The van der Waals surface area contributed by atoms with Gasteiger partial charge in [-0.05, 0) is 38.8 Å². The highest BCUT2D eigenvalue weighted by Crippen LogP contribution is 2.21. The molecule has 0 aliphatic rings. The molecule has 0 saturated carbocycles. The summed E-state index contributed by atoms with van der Waals surface area (Å²) in [6.07, 6.45) is 0.977. The number of halogens is 1. The first-order valence-electron chi connectivity index (χ1n) is 8.66. The van der Waals surface area contributed by atoms with Gasteiger partial charge >= 0.3 is 0 Å². The molecule has 0 saturated heterocycles. The van der Waals surface area contributed by atoms with E-state index in [1.807, 2.05) is 6.92 Å². The zero-order valence-corrected chi connectivity index (χ0v) is 18.2. The molecule has 144 valence electrons. The van der Waals surface area contributed by atoms with Crippen molar-refractivity contribution in [3.63, 3.8) is 0 Å². The summed E-state index contributed by atoms with van der Waals surface area (Å²) in [6.45, 7) is 10.4. The van der Waals surface area contributed by atoms with Crippen molar-refractivity contribution in [1.82, 2.24) is 20.8 Å². The van der Waals surface area contributed by atoms with Crippen molar-refractivity contribution in [2.45, 2.75) is 47.2 Å². The highest BCUT2D eigenvalue weighted by Gasteiger charge is 2.07. The molecular weight excluding hydrogens is 445 g/mol. The van der Waals surface area contributed by atoms with Crippen LogP contribution in [-0.2, 0) is 13.1 Å². The number of rotatable bonds is 8. The Bertz CT molecular complexity index is 703. The number of nitrogens with one attached hydrogen (secondary N) is 2. The average Bonchev–Trinajstić information content (AvgIpc) is 3.02. The lowest BCUT2D eigenvalue weighted by Gasteiger charge is -2.12. The molecule has 26 heavy (non-hydrogen) atoms. The van der Waals surface area contributed by atoms with Crippen LogP contribution in [0.15, 0.2) is 27.7 Å². The van der Waals surface area contributed by atoms with Crippen LogP contribution in [-0.4, -0.2) is 29.3 Å². The molecule has 2 rings (SSSR count). The summed E-state index contributed by atoms with van der Waals surface area (Å²) in [4.78, 5) is 8.80. The van der Waals surface area contributed by atoms with Crippen LogP contribution in [0.4, 0.5) is 0 Å². The second-order valence-electron chi connectivity index (χ2n) is 5.74. The third-order valence-corrected chi connectivity index (χ3v) is 3.41. The summed E-state index contributed by atoms with van der Waals surface area (Å²) in [5, 5.41) is 10.2. The predicted octanol–water partition coefficient (Wildman–Crippen LogP) is 3.35. The van der Waals surface area contributed by atoms with Gasteiger partial charge in [-0.2, -0.15) is 4.98 Å². The molecular formula is C18H28IN5O2. The minimum atomic E-state index is 0. The highest BCUT2D eigenvalue weighted by atomic mass is 127. The van der Waals surface area contributed by atoms with Crippen LogP contribution >= 0.6 is 24.0 Å². The van der Waals surface area contributed by atoms with Crippen molar-refractivity contribution in [3.05, 3.63) is 41.0 Å². The maximum atomic E-state index is 5.85. The van der Waals surface area contributed by atoms with E-state index in [1.54, 1.807) is 6.92 Å². The Labute approximate surface area is 172 Å². The molecule has 0 bridgehead atoms. The Kier molecular flexibility index (Phi) is 10.0. The van der Waals surface area contributed by atoms with Gasteiger partial charge in [-0.15, -0.1) is 24.0 Å². The van der Waals surface area contributed by atoms with E-state index < -0.39 is 0 Å². The Balaban J connectivity index is 0.00000338. The Morgan fingerprint density at radius 3 is 2.69 bits per heavy atom. The average molecular weight is 473 g/mol. The van der Waals surface area contributed by atoms with Crippen LogP contribution in [0.1, 0.15) is 43.1 Å². The smallest absolute Gasteiger partial charge is 0.246 e. The van der Waals surface area contributed by atoms with Crippen molar-refractivity contribution in [3.8, 4) is 5.75 Å². The summed E-state index contributed by atoms with van der Waals surface area (Å²) >= 11 is 0. The molecule has 1 heterocycles. The van der Waals surface area contributed by atoms with Gasteiger partial charge in [-0.25, -0.2) is 4.99 Å². The van der Waals surface area contributed by atoms with E-state index >= 15 is 0 Å². The lowest BCUT2D eigenvalue weighted by Crippen LogP contribution is -2.36. The number of nitrogens with zero attached hydrogens (tertiary/aromatic N) is 3. The number of aromatic nitrogens is 2. The molecule has 8 heteroatoms. The normalized spacial score (nSPS) is 11.0. The maximum Gasteiger partial charge on any atom is 0.246 e. The summed E-state index contributed by atoms with van der Waals surface area (Å²) in [5.74, 6) is 2.75. The van der Waals surface area contributed by atoms with E-state index in [-0.39, 0.29) is 24.0 Å². The lowest BCUT2D eigenvalue weighted by molar-refractivity contribution is 0.314. The van der Waals surface area contributed by atoms with Crippen molar-refractivity contribution >= 4 is 29.9 Å².